The number of nitrogens with one attached hydrogen (secondary N) is 1. The van der Waals surface area contributed by atoms with Crippen LogP contribution in [0.3, 0.4) is 0 Å². The van der Waals surface area contributed by atoms with Gasteiger partial charge in [0.25, 0.3) is 5.91 Å². The van der Waals surface area contributed by atoms with Crippen LogP contribution in [0.15, 0.2) is 23.1 Å². The first kappa shape index (κ1) is 12.8. The van der Waals surface area contributed by atoms with Crippen LogP contribution in [0.5, 0.6) is 5.75 Å². The van der Waals surface area contributed by atoms with E-state index >= 15 is 0 Å². The van der Waals surface area contributed by atoms with E-state index in [1.165, 1.54) is 12.1 Å². The summed E-state index contributed by atoms with van der Waals surface area (Å²) in [5.41, 5.74) is 5.69. The van der Waals surface area contributed by atoms with Crippen LogP contribution in [0, 0.1) is 0 Å². The molecule has 1 aromatic rings. The van der Waals surface area contributed by atoms with Gasteiger partial charge in [-0.15, -0.1) is 0 Å². The molecular weight excluding hydrogens is 256 g/mol. The van der Waals surface area contributed by atoms with Gasteiger partial charge in [-0.1, -0.05) is 0 Å². The molecule has 98 valence electrons. The number of amides is 1. The molecule has 1 aliphatic heterocycles. The van der Waals surface area contributed by atoms with Crippen LogP contribution >= 0.6 is 0 Å². The molecule has 6 nitrogen and oxygen atoms in total. The van der Waals surface area contributed by atoms with Crippen molar-refractivity contribution in [3.05, 3.63) is 18.2 Å². The average molecular weight is 270 g/mol. The summed E-state index contributed by atoms with van der Waals surface area (Å²) < 4.78 is 29.1. The second-order valence-electron chi connectivity index (χ2n) is 3.96. The maximum absolute atomic E-state index is 11.9. The molecule has 0 atom stereocenters. The molecule has 0 aliphatic carbocycles. The summed E-state index contributed by atoms with van der Waals surface area (Å²) in [6, 6.07) is 4.44. The molecule has 0 saturated heterocycles. The third kappa shape index (κ3) is 2.62. The van der Waals surface area contributed by atoms with E-state index < -0.39 is 9.84 Å². The third-order valence-electron chi connectivity index (χ3n) is 2.56. The topological polar surface area (TPSA) is 98.5 Å². The van der Waals surface area contributed by atoms with E-state index in [2.05, 4.69) is 5.32 Å². The lowest BCUT2D eigenvalue weighted by Gasteiger charge is -2.18. The Hall–Kier alpha value is -1.60. The molecule has 1 aromatic carbocycles. The van der Waals surface area contributed by atoms with Crippen LogP contribution in [-0.2, 0) is 14.6 Å². The first-order valence-corrected chi connectivity index (χ1v) is 7.18. The van der Waals surface area contributed by atoms with Gasteiger partial charge in [0.15, 0.2) is 16.4 Å². The smallest absolute Gasteiger partial charge is 0.262 e. The first-order chi connectivity index (χ1) is 8.53. The van der Waals surface area contributed by atoms with E-state index in [1.807, 2.05) is 0 Å². The van der Waals surface area contributed by atoms with Crippen LogP contribution in [0.1, 0.15) is 6.42 Å². The number of carbonyl (C=O) groups is 1. The molecule has 0 spiro atoms. The van der Waals surface area contributed by atoms with Crippen LogP contribution in [0.25, 0.3) is 0 Å². The summed E-state index contributed by atoms with van der Waals surface area (Å²) in [5, 5.41) is 2.58. The van der Waals surface area contributed by atoms with Gasteiger partial charge in [0.1, 0.15) is 5.75 Å². The fourth-order valence-electron chi connectivity index (χ4n) is 1.65. The van der Waals surface area contributed by atoms with Crippen LogP contribution < -0.4 is 15.8 Å². The number of fused-ring (bicyclic) bond motifs is 1. The molecule has 1 aliphatic rings. The van der Waals surface area contributed by atoms with Gasteiger partial charge in [-0.05, 0) is 31.2 Å². The fraction of sp³-hybridized carbons (Fsp3) is 0.364. The summed E-state index contributed by atoms with van der Waals surface area (Å²) >= 11 is 0. The number of sulfone groups is 1. The minimum absolute atomic E-state index is 0.00289. The number of benzene rings is 1. The summed E-state index contributed by atoms with van der Waals surface area (Å²) in [6.45, 7) is 0.274. The third-order valence-corrected chi connectivity index (χ3v) is 4.36. The van der Waals surface area contributed by atoms with Crippen molar-refractivity contribution >= 4 is 21.4 Å². The normalized spacial score (nSPS) is 14.6. The highest BCUT2D eigenvalue weighted by atomic mass is 32.2. The Balaban J connectivity index is 2.31. The monoisotopic (exact) mass is 270 g/mol. The largest absolute Gasteiger partial charge is 0.482 e. The van der Waals surface area contributed by atoms with E-state index in [4.69, 9.17) is 10.5 Å². The number of hydrogen-bond donors (Lipinski definition) is 2. The minimum atomic E-state index is -3.36. The number of anilines is 1. The molecule has 1 heterocycles. The van der Waals surface area contributed by atoms with Crippen LogP contribution in [0.2, 0.25) is 0 Å². The lowest BCUT2D eigenvalue weighted by molar-refractivity contribution is -0.118. The van der Waals surface area contributed by atoms with E-state index in [0.717, 1.165) is 0 Å². The predicted octanol–water partition coefficient (Wildman–Crippen LogP) is 0.140. The number of rotatable bonds is 4. The van der Waals surface area contributed by atoms with Crippen molar-refractivity contribution in [1.82, 2.24) is 0 Å². The van der Waals surface area contributed by atoms with Crippen molar-refractivity contribution in [3.8, 4) is 5.75 Å². The van der Waals surface area contributed by atoms with Gasteiger partial charge < -0.3 is 15.8 Å². The number of nitrogens with two attached hydrogens (primary N) is 1. The highest BCUT2D eigenvalue weighted by Crippen LogP contribution is 2.30. The molecule has 7 heteroatoms. The van der Waals surface area contributed by atoms with Gasteiger partial charge in [-0.25, -0.2) is 8.42 Å². The number of hydrogen-bond acceptors (Lipinski definition) is 5. The molecule has 0 fully saturated rings. The summed E-state index contributed by atoms with van der Waals surface area (Å²) in [4.78, 5) is 11.3. The van der Waals surface area contributed by atoms with Crippen molar-refractivity contribution in [3.63, 3.8) is 0 Å². The molecule has 0 bridgehead atoms. The van der Waals surface area contributed by atoms with Crippen molar-refractivity contribution in [2.45, 2.75) is 11.3 Å². The zero-order valence-corrected chi connectivity index (χ0v) is 10.5. The van der Waals surface area contributed by atoms with Gasteiger partial charge in [0.2, 0.25) is 0 Å². The molecule has 2 rings (SSSR count). The summed E-state index contributed by atoms with van der Waals surface area (Å²) in [6.07, 6.45) is 0.405. The maximum Gasteiger partial charge on any atom is 0.262 e. The zero-order chi connectivity index (χ0) is 13.2. The van der Waals surface area contributed by atoms with E-state index in [-0.39, 0.29) is 23.2 Å². The predicted molar refractivity (Wildman–Crippen MR) is 66.3 cm³/mol. The summed E-state index contributed by atoms with van der Waals surface area (Å²) in [5.74, 6) is 0.184. The Morgan fingerprint density at radius 1 is 1.39 bits per heavy atom. The number of ether oxygens (including phenoxy) is 1. The molecule has 18 heavy (non-hydrogen) atoms. The Morgan fingerprint density at radius 3 is 2.89 bits per heavy atom. The maximum atomic E-state index is 11.9. The molecule has 0 radical (unpaired) electrons. The lowest BCUT2D eigenvalue weighted by Crippen LogP contribution is -2.25. The lowest BCUT2D eigenvalue weighted by atomic mass is 10.2. The van der Waals surface area contributed by atoms with E-state index in [1.54, 1.807) is 6.07 Å². The molecule has 3 N–H and O–H groups in total. The number of carbonyl (C=O) groups excluding carboxylic acids is 1. The fourth-order valence-corrected chi connectivity index (χ4v) is 3.00. The molecular formula is C11H14N2O4S. The van der Waals surface area contributed by atoms with E-state index in [9.17, 15) is 13.2 Å². The molecule has 1 amide bonds. The highest BCUT2D eigenvalue weighted by Gasteiger charge is 2.20. The highest BCUT2D eigenvalue weighted by molar-refractivity contribution is 7.91. The Bertz CT molecular complexity index is 568. The summed E-state index contributed by atoms with van der Waals surface area (Å²) in [7, 11) is -3.36. The van der Waals surface area contributed by atoms with Crippen molar-refractivity contribution < 1.29 is 17.9 Å². The standard InChI is InChI=1S/C11H14N2O4S/c12-4-1-5-18(15,16)8-2-3-10-9(6-8)13-11(14)7-17-10/h2-3,6H,1,4-5,7,12H2,(H,13,14). The van der Waals surface area contributed by atoms with Crippen molar-refractivity contribution in [2.75, 3.05) is 24.2 Å². The Morgan fingerprint density at radius 2 is 2.17 bits per heavy atom. The Kier molecular flexibility index (Phi) is 3.53. The van der Waals surface area contributed by atoms with Gasteiger partial charge in [0, 0.05) is 0 Å². The van der Waals surface area contributed by atoms with Crippen molar-refractivity contribution in [1.29, 1.82) is 0 Å². The van der Waals surface area contributed by atoms with Crippen molar-refractivity contribution in [2.24, 2.45) is 5.73 Å². The average Bonchev–Trinajstić information content (AvgIpc) is 2.35. The Labute approximate surface area is 105 Å². The molecule has 0 aromatic heterocycles. The van der Waals surface area contributed by atoms with Crippen LogP contribution in [-0.4, -0.2) is 33.2 Å². The van der Waals surface area contributed by atoms with Gasteiger partial charge in [0.05, 0.1) is 16.3 Å². The van der Waals surface area contributed by atoms with Crippen LogP contribution in [0.4, 0.5) is 5.69 Å². The van der Waals surface area contributed by atoms with Gasteiger partial charge >= 0.3 is 0 Å². The molecule has 0 saturated carbocycles. The quantitative estimate of drug-likeness (QED) is 0.811. The van der Waals surface area contributed by atoms with Gasteiger partial charge in [-0.2, -0.15) is 0 Å². The van der Waals surface area contributed by atoms with Gasteiger partial charge in [-0.3, -0.25) is 4.79 Å². The molecule has 0 unspecified atom stereocenters. The van der Waals surface area contributed by atoms with E-state index in [0.29, 0.717) is 24.4 Å². The second kappa shape index (κ2) is 4.95. The first-order valence-electron chi connectivity index (χ1n) is 5.52. The zero-order valence-electron chi connectivity index (χ0n) is 9.68. The SMILES string of the molecule is NCCCS(=O)(=O)c1ccc2c(c1)NC(=O)CO2. The minimum Gasteiger partial charge on any atom is -0.482 e. The second-order valence-corrected chi connectivity index (χ2v) is 6.07.